The van der Waals surface area contributed by atoms with Crippen molar-refractivity contribution in [3.05, 3.63) is 28.2 Å². The largest absolute Gasteiger partial charge is 0.492 e. The molecule has 0 radical (unpaired) electrons. The summed E-state index contributed by atoms with van der Waals surface area (Å²) in [5, 5.41) is 8.92. The first-order valence-electron chi connectivity index (χ1n) is 4.50. The molecule has 0 spiro atoms. The van der Waals surface area contributed by atoms with Crippen LogP contribution < -0.4 is 10.5 Å². The summed E-state index contributed by atoms with van der Waals surface area (Å²) < 4.78 is 6.25. The molecule has 0 saturated heterocycles. The molecule has 4 nitrogen and oxygen atoms in total. The van der Waals surface area contributed by atoms with Gasteiger partial charge < -0.3 is 15.6 Å². The number of hydrogen-bond acceptors (Lipinski definition) is 3. The monoisotopic (exact) mass is 271 g/mol. The van der Waals surface area contributed by atoms with Crippen molar-refractivity contribution in [3.63, 3.8) is 0 Å². The molecule has 2 rings (SSSR count). The fourth-order valence-corrected chi connectivity index (χ4v) is 1.97. The van der Waals surface area contributed by atoms with E-state index < -0.39 is 17.9 Å². The Morgan fingerprint density at radius 2 is 2.33 bits per heavy atom. The van der Waals surface area contributed by atoms with Crippen LogP contribution in [0.3, 0.4) is 0 Å². The van der Waals surface area contributed by atoms with Crippen LogP contribution in [0.15, 0.2) is 22.7 Å². The van der Waals surface area contributed by atoms with Crippen molar-refractivity contribution < 1.29 is 14.6 Å². The first kappa shape index (κ1) is 10.4. The van der Waals surface area contributed by atoms with Gasteiger partial charge in [0, 0.05) is 16.1 Å². The van der Waals surface area contributed by atoms with E-state index in [0.717, 1.165) is 10.0 Å². The summed E-state index contributed by atoms with van der Waals surface area (Å²) in [6.45, 7) is 0.125. The average molecular weight is 272 g/mol. The fraction of sp³-hybridized carbons (Fsp3) is 0.300. The van der Waals surface area contributed by atoms with Gasteiger partial charge in [-0.25, -0.2) is 0 Å². The van der Waals surface area contributed by atoms with Gasteiger partial charge in [0.25, 0.3) is 0 Å². The molecule has 3 N–H and O–H groups in total. The summed E-state index contributed by atoms with van der Waals surface area (Å²) in [5.74, 6) is -0.927. The van der Waals surface area contributed by atoms with Crippen LogP contribution in [0, 0.1) is 5.92 Å². The van der Waals surface area contributed by atoms with Gasteiger partial charge in [0.1, 0.15) is 18.3 Å². The van der Waals surface area contributed by atoms with Crippen LogP contribution in [0.5, 0.6) is 5.75 Å². The molecule has 0 fully saturated rings. The third-order valence-corrected chi connectivity index (χ3v) is 3.00. The highest BCUT2D eigenvalue weighted by Crippen LogP contribution is 2.35. The SMILES string of the molecule is NC1c2ccc(Br)cc2OCC1C(=O)O. The summed E-state index contributed by atoms with van der Waals surface area (Å²) in [6.07, 6.45) is 0. The van der Waals surface area contributed by atoms with E-state index in [1.165, 1.54) is 0 Å². The van der Waals surface area contributed by atoms with Crippen molar-refractivity contribution in [2.75, 3.05) is 6.61 Å². The van der Waals surface area contributed by atoms with Crippen LogP contribution in [0.25, 0.3) is 0 Å². The Morgan fingerprint density at radius 1 is 1.60 bits per heavy atom. The molecular formula is C10H10BrNO3. The molecule has 0 aliphatic carbocycles. The molecule has 1 aromatic carbocycles. The molecule has 1 aliphatic rings. The normalized spacial score (nSPS) is 24.1. The van der Waals surface area contributed by atoms with E-state index in [4.69, 9.17) is 15.6 Å². The molecule has 15 heavy (non-hydrogen) atoms. The topological polar surface area (TPSA) is 72.5 Å². The maximum atomic E-state index is 10.9. The first-order valence-corrected chi connectivity index (χ1v) is 5.29. The van der Waals surface area contributed by atoms with Crippen molar-refractivity contribution in [3.8, 4) is 5.75 Å². The number of carboxylic acid groups (broad SMARTS) is 1. The minimum Gasteiger partial charge on any atom is -0.492 e. The molecule has 1 aliphatic heterocycles. The van der Waals surface area contributed by atoms with Crippen LogP contribution in [0.2, 0.25) is 0 Å². The molecule has 0 amide bonds. The minimum atomic E-state index is -0.920. The van der Waals surface area contributed by atoms with E-state index in [2.05, 4.69) is 15.9 Å². The number of carboxylic acids is 1. The zero-order valence-electron chi connectivity index (χ0n) is 7.81. The molecule has 0 bridgehead atoms. The Bertz CT molecular complexity index is 408. The average Bonchev–Trinajstić information content (AvgIpc) is 2.17. The summed E-state index contributed by atoms with van der Waals surface area (Å²) in [7, 11) is 0. The second kappa shape index (κ2) is 3.83. The lowest BCUT2D eigenvalue weighted by Gasteiger charge is -2.28. The Balaban J connectivity index is 2.38. The van der Waals surface area contributed by atoms with Crippen LogP contribution in [0.1, 0.15) is 11.6 Å². The van der Waals surface area contributed by atoms with E-state index in [1.807, 2.05) is 6.07 Å². The highest BCUT2D eigenvalue weighted by atomic mass is 79.9. The summed E-state index contributed by atoms with van der Waals surface area (Å²) >= 11 is 3.32. The number of nitrogens with two attached hydrogens (primary N) is 1. The Hall–Kier alpha value is -1.07. The number of fused-ring (bicyclic) bond motifs is 1. The molecule has 1 heterocycles. The van der Waals surface area contributed by atoms with Crippen molar-refractivity contribution in [2.45, 2.75) is 6.04 Å². The molecule has 1 aromatic rings. The summed E-state index contributed by atoms with van der Waals surface area (Å²) in [6, 6.07) is 4.91. The molecule has 2 unspecified atom stereocenters. The number of aliphatic carboxylic acids is 1. The third-order valence-electron chi connectivity index (χ3n) is 2.50. The van der Waals surface area contributed by atoms with Crippen molar-refractivity contribution in [2.24, 2.45) is 11.7 Å². The van der Waals surface area contributed by atoms with Crippen LogP contribution in [-0.2, 0) is 4.79 Å². The van der Waals surface area contributed by atoms with Crippen molar-refractivity contribution >= 4 is 21.9 Å². The van der Waals surface area contributed by atoms with Gasteiger partial charge in [-0.05, 0) is 12.1 Å². The number of benzene rings is 1. The van der Waals surface area contributed by atoms with Crippen molar-refractivity contribution in [1.82, 2.24) is 0 Å². The molecule has 0 aromatic heterocycles. The highest BCUT2D eigenvalue weighted by molar-refractivity contribution is 9.10. The van der Waals surface area contributed by atoms with Gasteiger partial charge in [-0.1, -0.05) is 22.0 Å². The fourth-order valence-electron chi connectivity index (χ4n) is 1.63. The molecule has 0 saturated carbocycles. The van der Waals surface area contributed by atoms with E-state index in [0.29, 0.717) is 5.75 Å². The van der Waals surface area contributed by atoms with Gasteiger partial charge in [-0.2, -0.15) is 0 Å². The van der Waals surface area contributed by atoms with Gasteiger partial charge in [0.15, 0.2) is 0 Å². The quantitative estimate of drug-likeness (QED) is 0.813. The van der Waals surface area contributed by atoms with Crippen LogP contribution in [-0.4, -0.2) is 17.7 Å². The first-order chi connectivity index (χ1) is 7.09. The summed E-state index contributed by atoms with van der Waals surface area (Å²) in [5.41, 5.74) is 6.61. The maximum Gasteiger partial charge on any atom is 0.311 e. The lowest BCUT2D eigenvalue weighted by molar-refractivity contribution is -0.144. The number of hydrogen-bond donors (Lipinski definition) is 2. The van der Waals surface area contributed by atoms with Gasteiger partial charge in [-0.3, -0.25) is 4.79 Å². The molecule has 2 atom stereocenters. The van der Waals surface area contributed by atoms with Crippen molar-refractivity contribution in [1.29, 1.82) is 0 Å². The second-order valence-corrected chi connectivity index (χ2v) is 4.38. The predicted octanol–water partition coefficient (Wildman–Crippen LogP) is 1.54. The van der Waals surface area contributed by atoms with Crippen LogP contribution in [0.4, 0.5) is 0 Å². The Morgan fingerprint density at radius 3 is 3.00 bits per heavy atom. The number of ether oxygens (including phenoxy) is 1. The number of rotatable bonds is 1. The van der Waals surface area contributed by atoms with Gasteiger partial charge in [0.2, 0.25) is 0 Å². The highest BCUT2D eigenvalue weighted by Gasteiger charge is 2.33. The third kappa shape index (κ3) is 1.85. The zero-order valence-corrected chi connectivity index (χ0v) is 9.40. The lowest BCUT2D eigenvalue weighted by atomic mass is 9.91. The predicted molar refractivity (Wildman–Crippen MR) is 57.7 cm³/mol. The van der Waals surface area contributed by atoms with E-state index in [9.17, 15) is 4.79 Å². The Kier molecular flexibility index (Phi) is 2.67. The lowest BCUT2D eigenvalue weighted by Crippen LogP contribution is -2.36. The second-order valence-electron chi connectivity index (χ2n) is 3.46. The number of carbonyl (C=O) groups is 1. The number of halogens is 1. The maximum absolute atomic E-state index is 10.9. The minimum absolute atomic E-state index is 0.125. The molecule has 5 heteroatoms. The molecule has 80 valence electrons. The van der Waals surface area contributed by atoms with E-state index in [-0.39, 0.29) is 6.61 Å². The standard InChI is InChI=1S/C10H10BrNO3/c11-5-1-2-6-8(3-5)15-4-7(9(6)12)10(13)14/h1-3,7,9H,4,12H2,(H,13,14). The Labute approximate surface area is 95.2 Å². The van der Waals surface area contributed by atoms with E-state index in [1.54, 1.807) is 12.1 Å². The smallest absolute Gasteiger partial charge is 0.311 e. The summed E-state index contributed by atoms with van der Waals surface area (Å²) in [4.78, 5) is 10.9. The van der Waals surface area contributed by atoms with Crippen LogP contribution >= 0.6 is 15.9 Å². The van der Waals surface area contributed by atoms with Gasteiger partial charge >= 0.3 is 5.97 Å². The van der Waals surface area contributed by atoms with Gasteiger partial charge in [0.05, 0.1) is 0 Å². The molecular weight excluding hydrogens is 262 g/mol. The van der Waals surface area contributed by atoms with Gasteiger partial charge in [-0.15, -0.1) is 0 Å². The van der Waals surface area contributed by atoms with E-state index >= 15 is 0 Å². The zero-order chi connectivity index (χ0) is 11.0.